The fraction of sp³-hybridized carbons (Fsp3) is 0.300. The van der Waals surface area contributed by atoms with E-state index in [1.54, 1.807) is 4.90 Å². The van der Waals surface area contributed by atoms with Crippen molar-refractivity contribution < 1.29 is 19.2 Å². The monoisotopic (exact) mass is 383 g/mol. The van der Waals surface area contributed by atoms with Crippen LogP contribution in [0.2, 0.25) is 0 Å². The van der Waals surface area contributed by atoms with E-state index in [1.807, 2.05) is 24.3 Å². The van der Waals surface area contributed by atoms with Crippen LogP contribution in [0.4, 0.5) is 16.2 Å². The van der Waals surface area contributed by atoms with Gasteiger partial charge in [-0.3, -0.25) is 14.9 Å². The SMILES string of the molecule is COC(=O)CC1CCN(C(=O)Nc2ccc([N+](=O)[O-])cc2)Cc2ccccc21. The molecule has 0 spiro atoms. The van der Waals surface area contributed by atoms with Gasteiger partial charge in [-0.2, -0.15) is 0 Å². The standard InChI is InChI=1S/C20H21N3O5/c1-28-19(24)12-14-10-11-22(13-15-4-2-3-5-18(14)15)20(25)21-16-6-8-17(9-7-16)23(26)27/h2-9,14H,10-13H2,1H3,(H,21,25). The summed E-state index contributed by atoms with van der Waals surface area (Å²) in [5, 5.41) is 13.5. The van der Waals surface area contributed by atoms with E-state index in [4.69, 9.17) is 4.74 Å². The summed E-state index contributed by atoms with van der Waals surface area (Å²) in [6.45, 7) is 0.905. The van der Waals surface area contributed by atoms with Gasteiger partial charge in [0.05, 0.1) is 18.5 Å². The number of nitro groups is 1. The number of carbonyl (C=O) groups is 2. The lowest BCUT2D eigenvalue weighted by molar-refractivity contribution is -0.384. The zero-order chi connectivity index (χ0) is 20.1. The number of nitrogens with zero attached hydrogens (tertiary/aromatic N) is 2. The first-order chi connectivity index (χ1) is 13.5. The van der Waals surface area contributed by atoms with Crippen LogP contribution in [0.15, 0.2) is 48.5 Å². The van der Waals surface area contributed by atoms with Gasteiger partial charge in [0.15, 0.2) is 0 Å². The van der Waals surface area contributed by atoms with Crippen molar-refractivity contribution in [2.24, 2.45) is 0 Å². The second-order valence-electron chi connectivity index (χ2n) is 6.62. The molecule has 0 radical (unpaired) electrons. The van der Waals surface area contributed by atoms with Crippen LogP contribution >= 0.6 is 0 Å². The number of hydrogen-bond acceptors (Lipinski definition) is 5. The molecule has 0 saturated carbocycles. The van der Waals surface area contributed by atoms with Crippen molar-refractivity contribution in [3.05, 3.63) is 69.8 Å². The van der Waals surface area contributed by atoms with Crippen LogP contribution in [0, 0.1) is 10.1 Å². The Balaban J connectivity index is 1.74. The minimum absolute atomic E-state index is 0.0131. The van der Waals surface area contributed by atoms with Crippen molar-refractivity contribution in [1.82, 2.24) is 4.90 Å². The summed E-state index contributed by atoms with van der Waals surface area (Å²) in [4.78, 5) is 36.4. The third-order valence-corrected chi connectivity index (χ3v) is 4.86. The predicted molar refractivity (Wildman–Crippen MR) is 103 cm³/mol. The van der Waals surface area contributed by atoms with E-state index in [0.717, 1.165) is 11.1 Å². The quantitative estimate of drug-likeness (QED) is 0.493. The van der Waals surface area contributed by atoms with Crippen molar-refractivity contribution in [3.63, 3.8) is 0 Å². The van der Waals surface area contributed by atoms with Crippen LogP contribution in [-0.4, -0.2) is 35.5 Å². The molecule has 2 aromatic rings. The predicted octanol–water partition coefficient (Wildman–Crippen LogP) is 3.68. The van der Waals surface area contributed by atoms with E-state index in [9.17, 15) is 19.7 Å². The number of non-ortho nitro benzene ring substituents is 1. The Kier molecular flexibility index (Phi) is 5.88. The number of benzene rings is 2. The molecule has 28 heavy (non-hydrogen) atoms. The van der Waals surface area contributed by atoms with E-state index in [1.165, 1.54) is 31.4 Å². The van der Waals surface area contributed by atoms with Gasteiger partial charge in [0.2, 0.25) is 0 Å². The maximum Gasteiger partial charge on any atom is 0.322 e. The Morgan fingerprint density at radius 3 is 2.61 bits per heavy atom. The van der Waals surface area contributed by atoms with Crippen LogP contribution in [0.1, 0.15) is 29.9 Å². The van der Waals surface area contributed by atoms with Crippen molar-refractivity contribution in [2.75, 3.05) is 19.0 Å². The Morgan fingerprint density at radius 2 is 1.93 bits per heavy atom. The fourth-order valence-electron chi connectivity index (χ4n) is 3.37. The van der Waals surface area contributed by atoms with Gasteiger partial charge in [0, 0.05) is 30.9 Å². The zero-order valence-electron chi connectivity index (χ0n) is 15.5. The molecule has 1 unspecified atom stereocenters. The number of carbonyl (C=O) groups excluding carboxylic acids is 2. The molecule has 146 valence electrons. The molecule has 1 atom stereocenters. The smallest absolute Gasteiger partial charge is 0.322 e. The maximum absolute atomic E-state index is 12.7. The second-order valence-corrected chi connectivity index (χ2v) is 6.62. The third kappa shape index (κ3) is 4.46. The summed E-state index contributed by atoms with van der Waals surface area (Å²) in [7, 11) is 1.37. The summed E-state index contributed by atoms with van der Waals surface area (Å²) in [6, 6.07) is 13.2. The number of ether oxygens (including phenoxy) is 1. The number of nitro benzene ring substituents is 1. The van der Waals surface area contributed by atoms with Crippen molar-refractivity contribution in [3.8, 4) is 0 Å². The minimum Gasteiger partial charge on any atom is -0.469 e. The van der Waals surface area contributed by atoms with Gasteiger partial charge in [-0.05, 0) is 35.6 Å². The van der Waals surface area contributed by atoms with Gasteiger partial charge in [-0.25, -0.2) is 4.79 Å². The minimum atomic E-state index is -0.487. The first-order valence-corrected chi connectivity index (χ1v) is 8.93. The molecule has 1 aliphatic rings. The van der Waals surface area contributed by atoms with Crippen molar-refractivity contribution >= 4 is 23.4 Å². The van der Waals surface area contributed by atoms with E-state index in [0.29, 0.717) is 25.2 Å². The molecule has 2 aromatic carbocycles. The molecule has 1 N–H and O–H groups in total. The number of esters is 1. The van der Waals surface area contributed by atoms with Crippen LogP contribution < -0.4 is 5.32 Å². The maximum atomic E-state index is 12.7. The van der Waals surface area contributed by atoms with Crippen molar-refractivity contribution in [2.45, 2.75) is 25.3 Å². The summed E-state index contributed by atoms with van der Waals surface area (Å²) < 4.78 is 4.81. The van der Waals surface area contributed by atoms with Gasteiger partial charge >= 0.3 is 12.0 Å². The molecule has 0 aromatic heterocycles. The van der Waals surface area contributed by atoms with Crippen LogP contribution in [0.3, 0.4) is 0 Å². The van der Waals surface area contributed by atoms with Crippen LogP contribution in [0.25, 0.3) is 0 Å². The van der Waals surface area contributed by atoms with Crippen molar-refractivity contribution in [1.29, 1.82) is 0 Å². The highest BCUT2D eigenvalue weighted by molar-refractivity contribution is 5.89. The highest BCUT2D eigenvalue weighted by Crippen LogP contribution is 2.31. The molecule has 0 fully saturated rings. The summed E-state index contributed by atoms with van der Waals surface area (Å²) in [6.07, 6.45) is 0.908. The van der Waals surface area contributed by atoms with Crippen LogP contribution in [0.5, 0.6) is 0 Å². The number of anilines is 1. The normalized spacial score (nSPS) is 15.9. The third-order valence-electron chi connectivity index (χ3n) is 4.86. The Labute approximate surface area is 162 Å². The zero-order valence-corrected chi connectivity index (χ0v) is 15.5. The topological polar surface area (TPSA) is 102 Å². The molecule has 8 heteroatoms. The first kappa shape index (κ1) is 19.3. The number of hydrogen-bond donors (Lipinski definition) is 1. The molecule has 8 nitrogen and oxygen atoms in total. The summed E-state index contributed by atoms with van der Waals surface area (Å²) >= 11 is 0. The lowest BCUT2D eigenvalue weighted by Crippen LogP contribution is -2.34. The van der Waals surface area contributed by atoms with E-state index >= 15 is 0 Å². The molecule has 1 aliphatic heterocycles. The Bertz CT molecular complexity index is 882. The molecular formula is C20H21N3O5. The molecular weight excluding hydrogens is 362 g/mol. The van der Waals surface area contributed by atoms with Crippen LogP contribution in [-0.2, 0) is 16.1 Å². The number of fused-ring (bicyclic) bond motifs is 1. The van der Waals surface area contributed by atoms with Gasteiger partial charge in [0.25, 0.3) is 5.69 Å². The van der Waals surface area contributed by atoms with E-state index < -0.39 is 4.92 Å². The van der Waals surface area contributed by atoms with Gasteiger partial charge in [-0.1, -0.05) is 24.3 Å². The average molecular weight is 383 g/mol. The average Bonchev–Trinajstić information content (AvgIpc) is 2.88. The van der Waals surface area contributed by atoms with Gasteiger partial charge in [0.1, 0.15) is 0 Å². The highest BCUT2D eigenvalue weighted by Gasteiger charge is 2.26. The fourth-order valence-corrected chi connectivity index (χ4v) is 3.37. The Morgan fingerprint density at radius 1 is 1.21 bits per heavy atom. The molecule has 0 aliphatic carbocycles. The largest absolute Gasteiger partial charge is 0.469 e. The van der Waals surface area contributed by atoms with Gasteiger partial charge < -0.3 is 15.0 Å². The molecule has 3 rings (SSSR count). The molecule has 1 heterocycles. The molecule has 0 saturated heterocycles. The first-order valence-electron chi connectivity index (χ1n) is 8.93. The second kappa shape index (κ2) is 8.51. The highest BCUT2D eigenvalue weighted by atomic mass is 16.6. The summed E-state index contributed by atoms with van der Waals surface area (Å²) in [5.74, 6) is -0.288. The molecule has 2 amide bonds. The summed E-state index contributed by atoms with van der Waals surface area (Å²) in [5.41, 5.74) is 2.50. The number of amides is 2. The Hall–Kier alpha value is -3.42. The van der Waals surface area contributed by atoms with Gasteiger partial charge in [-0.15, -0.1) is 0 Å². The van der Waals surface area contributed by atoms with E-state index in [-0.39, 0.29) is 30.0 Å². The number of urea groups is 1. The number of nitrogens with one attached hydrogen (secondary N) is 1. The molecule has 0 bridgehead atoms. The number of rotatable bonds is 4. The van der Waals surface area contributed by atoms with E-state index in [2.05, 4.69) is 5.32 Å². The number of methoxy groups -OCH3 is 1. The lowest BCUT2D eigenvalue weighted by Gasteiger charge is -2.21. The lowest BCUT2D eigenvalue weighted by atomic mass is 9.90.